The molecule has 1 unspecified atom stereocenters. The number of Topliss-reactive ketones (excluding diaryl/α,β-unsaturated/α-hetero) is 1. The molecule has 0 spiro atoms. The first kappa shape index (κ1) is 22.3. The fourth-order valence-electron chi connectivity index (χ4n) is 3.85. The summed E-state index contributed by atoms with van der Waals surface area (Å²) >= 11 is 0. The van der Waals surface area contributed by atoms with E-state index in [1.807, 2.05) is 19.0 Å². The van der Waals surface area contributed by atoms with Gasteiger partial charge in [-0.25, -0.2) is 0 Å². The smallest absolute Gasteiger partial charge is 0.308 e. The van der Waals surface area contributed by atoms with Crippen LogP contribution in [-0.2, 0) is 14.4 Å². The predicted molar refractivity (Wildman–Crippen MR) is 118 cm³/mol. The number of benzene rings is 2. The van der Waals surface area contributed by atoms with Crippen molar-refractivity contribution in [1.29, 1.82) is 0 Å². The van der Waals surface area contributed by atoms with E-state index in [4.69, 9.17) is 14.2 Å². The van der Waals surface area contributed by atoms with Crippen molar-refractivity contribution in [3.05, 3.63) is 59.2 Å². The molecule has 9 heteroatoms. The Labute approximate surface area is 190 Å². The van der Waals surface area contributed by atoms with Crippen LogP contribution in [0.1, 0.15) is 24.1 Å². The van der Waals surface area contributed by atoms with E-state index in [0.29, 0.717) is 34.9 Å². The Morgan fingerprint density at radius 1 is 1.12 bits per heavy atom. The summed E-state index contributed by atoms with van der Waals surface area (Å²) < 4.78 is 15.8. The molecule has 0 radical (unpaired) electrons. The number of aliphatic hydroxyl groups is 1. The monoisotopic (exact) mass is 452 g/mol. The Kier molecular flexibility index (Phi) is 6.06. The van der Waals surface area contributed by atoms with Gasteiger partial charge in [-0.3, -0.25) is 14.4 Å². The average molecular weight is 452 g/mol. The summed E-state index contributed by atoms with van der Waals surface area (Å²) in [5.74, 6) is -0.882. The van der Waals surface area contributed by atoms with Crippen molar-refractivity contribution < 1.29 is 33.7 Å². The van der Waals surface area contributed by atoms with E-state index >= 15 is 0 Å². The lowest BCUT2D eigenvalue weighted by atomic mass is 9.95. The average Bonchev–Trinajstić information content (AvgIpc) is 3.34. The zero-order valence-corrected chi connectivity index (χ0v) is 18.5. The molecule has 2 heterocycles. The Balaban J connectivity index is 1.79. The SMILES string of the molecule is CC(=O)Oc1ccc(C2/C(=C(/O)c3ccc4c(c3)OCO4)C(=O)C(=O)N2CCN(C)C)cc1. The molecule has 1 atom stereocenters. The molecule has 33 heavy (non-hydrogen) atoms. The molecule has 1 fully saturated rings. The molecule has 0 bridgehead atoms. The summed E-state index contributed by atoms with van der Waals surface area (Å²) in [6.07, 6.45) is 0. The molecule has 2 aliphatic heterocycles. The molecule has 0 aromatic heterocycles. The normalized spacial score (nSPS) is 18.8. The van der Waals surface area contributed by atoms with Gasteiger partial charge in [-0.2, -0.15) is 0 Å². The van der Waals surface area contributed by atoms with Crippen LogP contribution in [-0.4, -0.2) is 66.5 Å². The first-order chi connectivity index (χ1) is 15.8. The second-order valence-electron chi connectivity index (χ2n) is 8.03. The Morgan fingerprint density at radius 2 is 1.82 bits per heavy atom. The number of aliphatic hydroxyl groups excluding tert-OH is 1. The maximum absolute atomic E-state index is 13.1. The number of fused-ring (bicyclic) bond motifs is 1. The van der Waals surface area contributed by atoms with Gasteiger partial charge in [0.1, 0.15) is 11.5 Å². The zero-order chi connectivity index (χ0) is 23.7. The number of nitrogens with zero attached hydrogens (tertiary/aromatic N) is 2. The summed E-state index contributed by atoms with van der Waals surface area (Å²) in [4.78, 5) is 40.6. The molecule has 0 aliphatic carbocycles. The van der Waals surface area contributed by atoms with Gasteiger partial charge in [0.2, 0.25) is 6.79 Å². The Hall–Kier alpha value is -3.85. The molecule has 2 aromatic carbocycles. The highest BCUT2D eigenvalue weighted by Crippen LogP contribution is 2.41. The van der Waals surface area contributed by atoms with Gasteiger partial charge in [0, 0.05) is 25.6 Å². The molecule has 4 rings (SSSR count). The van der Waals surface area contributed by atoms with Gasteiger partial charge in [-0.05, 0) is 50.0 Å². The third-order valence-electron chi connectivity index (χ3n) is 5.43. The number of carbonyl (C=O) groups excluding carboxylic acids is 3. The number of amides is 1. The van der Waals surface area contributed by atoms with Crippen LogP contribution in [0, 0.1) is 0 Å². The van der Waals surface area contributed by atoms with Gasteiger partial charge in [0.25, 0.3) is 11.7 Å². The molecule has 1 N–H and O–H groups in total. The van der Waals surface area contributed by atoms with Gasteiger partial charge in [-0.1, -0.05) is 12.1 Å². The van der Waals surface area contributed by atoms with Crippen LogP contribution in [0.2, 0.25) is 0 Å². The van der Waals surface area contributed by atoms with Crippen LogP contribution < -0.4 is 14.2 Å². The third-order valence-corrected chi connectivity index (χ3v) is 5.43. The van der Waals surface area contributed by atoms with E-state index in [2.05, 4.69) is 0 Å². The Morgan fingerprint density at radius 3 is 2.48 bits per heavy atom. The molecule has 1 amide bonds. The highest BCUT2D eigenvalue weighted by molar-refractivity contribution is 6.46. The van der Waals surface area contributed by atoms with Gasteiger partial charge in [0.15, 0.2) is 11.5 Å². The van der Waals surface area contributed by atoms with Gasteiger partial charge >= 0.3 is 5.97 Å². The van der Waals surface area contributed by atoms with Crippen LogP contribution in [0.15, 0.2) is 48.0 Å². The van der Waals surface area contributed by atoms with E-state index in [9.17, 15) is 19.5 Å². The van der Waals surface area contributed by atoms with Crippen molar-refractivity contribution in [2.24, 2.45) is 0 Å². The van der Waals surface area contributed by atoms with E-state index in [1.54, 1.807) is 42.5 Å². The number of esters is 1. The summed E-state index contributed by atoms with van der Waals surface area (Å²) in [5.41, 5.74) is 0.926. The van der Waals surface area contributed by atoms with Gasteiger partial charge in [0.05, 0.1) is 11.6 Å². The summed E-state index contributed by atoms with van der Waals surface area (Å²) in [7, 11) is 3.73. The number of rotatable bonds is 6. The van der Waals surface area contributed by atoms with E-state index in [1.165, 1.54) is 11.8 Å². The molecule has 0 saturated carbocycles. The van der Waals surface area contributed by atoms with Crippen LogP contribution in [0.5, 0.6) is 17.2 Å². The molecular formula is C24H24N2O7. The van der Waals surface area contributed by atoms with Crippen molar-refractivity contribution in [2.75, 3.05) is 34.0 Å². The van der Waals surface area contributed by atoms with Gasteiger partial charge < -0.3 is 29.1 Å². The minimum Gasteiger partial charge on any atom is -0.507 e. The van der Waals surface area contributed by atoms with Crippen molar-refractivity contribution in [3.63, 3.8) is 0 Å². The lowest BCUT2D eigenvalue weighted by Gasteiger charge is -2.26. The molecule has 9 nitrogen and oxygen atoms in total. The fourth-order valence-corrected chi connectivity index (χ4v) is 3.85. The lowest BCUT2D eigenvalue weighted by Crippen LogP contribution is -2.35. The maximum atomic E-state index is 13.1. The van der Waals surface area contributed by atoms with Gasteiger partial charge in [-0.15, -0.1) is 0 Å². The number of hydrogen-bond acceptors (Lipinski definition) is 8. The number of carbonyl (C=O) groups is 3. The number of likely N-dealkylation sites (tertiary alicyclic amines) is 1. The quantitative estimate of drug-likeness (QED) is 0.234. The zero-order valence-electron chi connectivity index (χ0n) is 18.5. The number of hydrogen-bond donors (Lipinski definition) is 1. The van der Waals surface area contributed by atoms with E-state index in [-0.39, 0.29) is 24.7 Å². The van der Waals surface area contributed by atoms with Crippen LogP contribution in [0.4, 0.5) is 0 Å². The second kappa shape index (κ2) is 8.95. The van der Waals surface area contributed by atoms with Crippen molar-refractivity contribution >= 4 is 23.4 Å². The third kappa shape index (κ3) is 4.40. The van der Waals surface area contributed by atoms with Crippen LogP contribution >= 0.6 is 0 Å². The first-order valence-corrected chi connectivity index (χ1v) is 10.4. The highest BCUT2D eigenvalue weighted by Gasteiger charge is 2.46. The number of likely N-dealkylation sites (N-methyl/N-ethyl adjacent to an activating group) is 1. The van der Waals surface area contributed by atoms with Crippen molar-refractivity contribution in [1.82, 2.24) is 9.80 Å². The molecular weight excluding hydrogens is 428 g/mol. The number of ether oxygens (including phenoxy) is 3. The highest BCUT2D eigenvalue weighted by atomic mass is 16.7. The van der Waals surface area contributed by atoms with Crippen LogP contribution in [0.3, 0.4) is 0 Å². The summed E-state index contributed by atoms with van der Waals surface area (Å²) in [6.45, 7) is 2.18. The first-order valence-electron chi connectivity index (χ1n) is 10.4. The molecule has 2 aliphatic rings. The van der Waals surface area contributed by atoms with Crippen LogP contribution in [0.25, 0.3) is 5.76 Å². The minimum absolute atomic E-state index is 0.0159. The molecule has 2 aromatic rings. The maximum Gasteiger partial charge on any atom is 0.308 e. The minimum atomic E-state index is -0.804. The molecule has 1 saturated heterocycles. The Bertz CT molecular complexity index is 1140. The summed E-state index contributed by atoms with van der Waals surface area (Å²) in [6, 6.07) is 10.5. The largest absolute Gasteiger partial charge is 0.507 e. The van der Waals surface area contributed by atoms with Crippen molar-refractivity contribution in [2.45, 2.75) is 13.0 Å². The topological polar surface area (TPSA) is 106 Å². The molecule has 172 valence electrons. The van der Waals surface area contributed by atoms with E-state index in [0.717, 1.165) is 0 Å². The standard InChI is InChI=1S/C24H24N2O7/c1-14(27)33-17-7-4-15(5-8-17)21-20(23(29)24(30)26(21)11-10-25(2)3)22(28)16-6-9-18-19(12-16)32-13-31-18/h4-9,12,21,28H,10-11,13H2,1-3H3/b22-20-. The lowest BCUT2D eigenvalue weighted by molar-refractivity contribution is -0.140. The fraction of sp³-hybridized carbons (Fsp3) is 0.292. The summed E-state index contributed by atoms with van der Waals surface area (Å²) in [5, 5.41) is 11.1. The van der Waals surface area contributed by atoms with E-state index < -0.39 is 23.7 Å². The number of ketones is 1. The van der Waals surface area contributed by atoms with Crippen molar-refractivity contribution in [3.8, 4) is 17.2 Å². The second-order valence-corrected chi connectivity index (χ2v) is 8.03. The predicted octanol–water partition coefficient (Wildman–Crippen LogP) is 2.32.